The lowest BCUT2D eigenvalue weighted by Gasteiger charge is -2.24. The predicted molar refractivity (Wildman–Crippen MR) is 112 cm³/mol. The minimum absolute atomic E-state index is 0.102. The monoisotopic (exact) mass is 455 g/mol. The van der Waals surface area contributed by atoms with Crippen LogP contribution in [0, 0.1) is 5.82 Å². The number of carbonyl (C=O) groups excluding carboxylic acids is 1. The number of halogens is 1. The number of fused-ring (bicyclic) bond motifs is 1. The molecule has 1 atom stereocenters. The molecule has 0 bridgehead atoms. The van der Waals surface area contributed by atoms with Gasteiger partial charge in [-0.2, -0.15) is 8.42 Å². The Morgan fingerprint density at radius 2 is 1.97 bits per heavy atom. The van der Waals surface area contributed by atoms with Crippen LogP contribution >= 0.6 is 0 Å². The van der Waals surface area contributed by atoms with Gasteiger partial charge < -0.3 is 14.1 Å². The molecule has 2 aromatic carbocycles. The molecule has 10 heteroatoms. The summed E-state index contributed by atoms with van der Waals surface area (Å²) in [5, 5.41) is 0. The Morgan fingerprint density at radius 3 is 2.78 bits per heavy atom. The molecule has 0 unspecified atom stereocenters. The summed E-state index contributed by atoms with van der Waals surface area (Å²) in [7, 11) is -3.77. The number of ether oxygens (including phenoxy) is 1. The first-order chi connectivity index (χ1) is 15.4. The normalized spacial score (nSPS) is 19.0. The standard InChI is InChI=1S/C22H18FN3O5S/c23-15-9-7-14(8-10-15)21-24-16(12-30-21)13-31-22(27)18-5-3-11-26(18)20-17-4-1-2-6-19(17)32(28,29)25-20/h1-2,4,6-10,12,18H,3,5,11,13H2/t18-/m0/s1. The third-order valence-corrected chi connectivity index (χ3v) is 6.74. The van der Waals surface area contributed by atoms with Gasteiger partial charge in [-0.25, -0.2) is 14.2 Å². The molecule has 3 heterocycles. The number of likely N-dealkylation sites (tertiary alicyclic amines) is 1. The maximum Gasteiger partial charge on any atom is 0.329 e. The number of hydrogen-bond acceptors (Lipinski definition) is 7. The molecule has 5 rings (SSSR count). The van der Waals surface area contributed by atoms with Crippen molar-refractivity contribution in [2.24, 2.45) is 4.40 Å². The molecule has 0 spiro atoms. The fourth-order valence-corrected chi connectivity index (χ4v) is 5.12. The molecule has 0 radical (unpaired) electrons. The van der Waals surface area contributed by atoms with Gasteiger partial charge in [0.05, 0.1) is 0 Å². The molecule has 32 heavy (non-hydrogen) atoms. The first-order valence-electron chi connectivity index (χ1n) is 10.0. The molecule has 2 aliphatic rings. The molecule has 1 fully saturated rings. The van der Waals surface area contributed by atoms with Crippen LogP contribution in [0.3, 0.4) is 0 Å². The molecular weight excluding hydrogens is 437 g/mol. The predicted octanol–water partition coefficient (Wildman–Crippen LogP) is 3.14. The van der Waals surface area contributed by atoms with Crippen molar-refractivity contribution in [3.05, 3.63) is 71.9 Å². The summed E-state index contributed by atoms with van der Waals surface area (Å²) in [6.07, 6.45) is 2.61. The number of sulfonamides is 1. The number of benzene rings is 2. The molecule has 164 valence electrons. The number of amidine groups is 1. The summed E-state index contributed by atoms with van der Waals surface area (Å²) >= 11 is 0. The highest BCUT2D eigenvalue weighted by Gasteiger charge is 2.39. The lowest BCUT2D eigenvalue weighted by molar-refractivity contribution is -0.149. The van der Waals surface area contributed by atoms with Crippen LogP contribution in [-0.2, 0) is 26.2 Å². The number of nitrogens with zero attached hydrogens (tertiary/aromatic N) is 3. The van der Waals surface area contributed by atoms with E-state index in [0.717, 1.165) is 0 Å². The van der Waals surface area contributed by atoms with Crippen LogP contribution < -0.4 is 0 Å². The van der Waals surface area contributed by atoms with E-state index >= 15 is 0 Å². The van der Waals surface area contributed by atoms with Gasteiger partial charge >= 0.3 is 5.97 Å². The van der Waals surface area contributed by atoms with Crippen molar-refractivity contribution in [3.63, 3.8) is 0 Å². The number of esters is 1. The van der Waals surface area contributed by atoms with Gasteiger partial charge in [0, 0.05) is 17.7 Å². The largest absolute Gasteiger partial charge is 0.458 e. The van der Waals surface area contributed by atoms with Crippen LogP contribution in [0.1, 0.15) is 24.1 Å². The highest BCUT2D eigenvalue weighted by atomic mass is 32.2. The van der Waals surface area contributed by atoms with E-state index in [0.29, 0.717) is 42.1 Å². The number of carbonyl (C=O) groups is 1. The van der Waals surface area contributed by atoms with Gasteiger partial charge in [-0.3, -0.25) is 0 Å². The quantitative estimate of drug-likeness (QED) is 0.557. The van der Waals surface area contributed by atoms with Crippen molar-refractivity contribution in [2.45, 2.75) is 30.4 Å². The van der Waals surface area contributed by atoms with Crippen LogP contribution in [0.5, 0.6) is 0 Å². The molecule has 1 saturated heterocycles. The maximum absolute atomic E-state index is 13.1. The summed E-state index contributed by atoms with van der Waals surface area (Å²) in [5.41, 5.74) is 1.51. The zero-order valence-electron chi connectivity index (χ0n) is 16.8. The van der Waals surface area contributed by atoms with Gasteiger partial charge in [-0.05, 0) is 49.2 Å². The summed E-state index contributed by atoms with van der Waals surface area (Å²) in [4.78, 5) is 18.9. The molecule has 1 aromatic heterocycles. The molecule has 0 amide bonds. The van der Waals surface area contributed by atoms with E-state index < -0.39 is 22.0 Å². The van der Waals surface area contributed by atoms with Crippen LogP contribution in [0.25, 0.3) is 11.5 Å². The molecule has 3 aromatic rings. The average molecular weight is 455 g/mol. The Hall–Kier alpha value is -3.53. The molecule has 8 nitrogen and oxygen atoms in total. The molecule has 2 aliphatic heterocycles. The van der Waals surface area contributed by atoms with E-state index in [1.807, 2.05) is 0 Å². The summed E-state index contributed by atoms with van der Waals surface area (Å²) in [6.45, 7) is 0.399. The summed E-state index contributed by atoms with van der Waals surface area (Å²) in [5.74, 6) is -0.281. The lowest BCUT2D eigenvalue weighted by atomic mass is 10.1. The second kappa shape index (κ2) is 7.86. The van der Waals surface area contributed by atoms with E-state index in [9.17, 15) is 17.6 Å². The zero-order chi connectivity index (χ0) is 22.3. The van der Waals surface area contributed by atoms with Crippen molar-refractivity contribution in [2.75, 3.05) is 6.54 Å². The summed E-state index contributed by atoms with van der Waals surface area (Å²) in [6, 6.07) is 11.6. The smallest absolute Gasteiger partial charge is 0.329 e. The Balaban J connectivity index is 1.29. The topological polar surface area (TPSA) is 102 Å². The third kappa shape index (κ3) is 3.66. The van der Waals surface area contributed by atoms with E-state index in [1.165, 1.54) is 24.5 Å². The Labute approximate surface area is 183 Å². The van der Waals surface area contributed by atoms with Crippen molar-refractivity contribution in [1.82, 2.24) is 9.88 Å². The first kappa shape index (κ1) is 20.4. The van der Waals surface area contributed by atoms with Crippen LogP contribution in [-0.4, -0.2) is 42.7 Å². The van der Waals surface area contributed by atoms with Gasteiger partial charge in [0.15, 0.2) is 5.84 Å². The number of hydrogen-bond donors (Lipinski definition) is 0. The van der Waals surface area contributed by atoms with Crippen molar-refractivity contribution in [3.8, 4) is 11.5 Å². The second-order valence-corrected chi connectivity index (χ2v) is 9.07. The van der Waals surface area contributed by atoms with Crippen LogP contribution in [0.4, 0.5) is 4.39 Å². The molecular formula is C22H18FN3O5S. The second-order valence-electron chi connectivity index (χ2n) is 7.50. The van der Waals surface area contributed by atoms with Gasteiger partial charge in [-0.15, -0.1) is 4.40 Å². The van der Waals surface area contributed by atoms with Gasteiger partial charge in [-0.1, -0.05) is 12.1 Å². The molecule has 0 N–H and O–H groups in total. The lowest BCUT2D eigenvalue weighted by Crippen LogP contribution is -2.41. The molecule has 0 saturated carbocycles. The van der Waals surface area contributed by atoms with Gasteiger partial charge in [0.2, 0.25) is 5.89 Å². The minimum Gasteiger partial charge on any atom is -0.458 e. The average Bonchev–Trinajstić information content (AvgIpc) is 3.51. The summed E-state index contributed by atoms with van der Waals surface area (Å²) < 4.78 is 52.6. The fourth-order valence-electron chi connectivity index (χ4n) is 3.90. The zero-order valence-corrected chi connectivity index (χ0v) is 17.6. The van der Waals surface area contributed by atoms with E-state index in [4.69, 9.17) is 9.15 Å². The van der Waals surface area contributed by atoms with Crippen molar-refractivity contribution >= 4 is 21.8 Å². The highest BCUT2D eigenvalue weighted by molar-refractivity contribution is 7.90. The maximum atomic E-state index is 13.1. The van der Waals surface area contributed by atoms with E-state index in [1.54, 1.807) is 35.2 Å². The van der Waals surface area contributed by atoms with Gasteiger partial charge in [0.25, 0.3) is 10.0 Å². The van der Waals surface area contributed by atoms with Crippen molar-refractivity contribution < 1.29 is 26.8 Å². The Bertz CT molecular complexity index is 1320. The van der Waals surface area contributed by atoms with Crippen LogP contribution in [0.15, 0.2) is 68.5 Å². The number of aromatic nitrogens is 1. The van der Waals surface area contributed by atoms with Crippen LogP contribution in [0.2, 0.25) is 0 Å². The third-order valence-electron chi connectivity index (χ3n) is 5.41. The minimum atomic E-state index is -3.77. The Kier molecular flexibility index (Phi) is 5.01. The first-order valence-corrected chi connectivity index (χ1v) is 11.4. The highest BCUT2D eigenvalue weighted by Crippen LogP contribution is 2.31. The Morgan fingerprint density at radius 1 is 1.19 bits per heavy atom. The number of rotatable bonds is 4. The van der Waals surface area contributed by atoms with Gasteiger partial charge in [0.1, 0.15) is 35.3 Å². The fraction of sp³-hybridized carbons (Fsp3) is 0.227. The SMILES string of the molecule is O=C(OCc1coc(-c2ccc(F)cc2)n1)[C@@H]1CCCN1C1=NS(=O)(=O)c2ccccc21. The van der Waals surface area contributed by atoms with E-state index in [-0.39, 0.29) is 23.2 Å². The van der Waals surface area contributed by atoms with E-state index in [2.05, 4.69) is 9.38 Å². The molecule has 0 aliphatic carbocycles. The number of oxazole rings is 1. The van der Waals surface area contributed by atoms with Crippen molar-refractivity contribution in [1.29, 1.82) is 0 Å².